The van der Waals surface area contributed by atoms with Gasteiger partial charge in [0, 0.05) is 25.0 Å². The summed E-state index contributed by atoms with van der Waals surface area (Å²) in [4.78, 5) is 18.4. The quantitative estimate of drug-likeness (QED) is 0.771. The molecule has 1 aliphatic rings. The summed E-state index contributed by atoms with van der Waals surface area (Å²) in [6, 6.07) is 3.77. The van der Waals surface area contributed by atoms with Gasteiger partial charge in [0.05, 0.1) is 0 Å². The Morgan fingerprint density at radius 2 is 1.94 bits per heavy atom. The zero-order chi connectivity index (χ0) is 13.0. The Morgan fingerprint density at radius 3 is 2.50 bits per heavy atom. The maximum absolute atomic E-state index is 12.3. The van der Waals surface area contributed by atoms with E-state index in [9.17, 15) is 4.79 Å². The van der Waals surface area contributed by atoms with E-state index < -0.39 is 5.38 Å². The number of aryl methyl sites for hydroxylation is 1. The van der Waals surface area contributed by atoms with Crippen LogP contribution in [0.5, 0.6) is 0 Å². The van der Waals surface area contributed by atoms with Gasteiger partial charge in [0.25, 0.3) is 0 Å². The van der Waals surface area contributed by atoms with E-state index in [4.69, 9.17) is 11.6 Å². The Bertz CT molecular complexity index is 397. The van der Waals surface area contributed by atoms with Crippen molar-refractivity contribution in [3.8, 4) is 0 Å². The number of halogens is 1. The number of likely N-dealkylation sites (tertiary alicyclic amines) is 1. The Morgan fingerprint density at radius 1 is 1.28 bits per heavy atom. The van der Waals surface area contributed by atoms with Gasteiger partial charge in [-0.15, -0.1) is 11.6 Å². The molecule has 0 radical (unpaired) electrons. The molecule has 1 saturated heterocycles. The molecule has 4 heteroatoms. The minimum Gasteiger partial charge on any atom is -0.341 e. The summed E-state index contributed by atoms with van der Waals surface area (Å²) in [7, 11) is 0. The summed E-state index contributed by atoms with van der Waals surface area (Å²) in [6.07, 6.45) is 6.29. The van der Waals surface area contributed by atoms with Crippen molar-refractivity contribution in [1.82, 2.24) is 9.88 Å². The number of rotatable bonds is 2. The third-order valence-electron chi connectivity index (χ3n) is 3.36. The van der Waals surface area contributed by atoms with E-state index in [1.54, 1.807) is 6.20 Å². The highest BCUT2D eigenvalue weighted by Crippen LogP contribution is 2.24. The summed E-state index contributed by atoms with van der Waals surface area (Å²) in [5.41, 5.74) is 1.72. The fraction of sp³-hybridized carbons (Fsp3) is 0.571. The average molecular weight is 267 g/mol. The molecule has 0 aromatic carbocycles. The van der Waals surface area contributed by atoms with Crippen LogP contribution in [-0.4, -0.2) is 28.9 Å². The van der Waals surface area contributed by atoms with Crippen molar-refractivity contribution in [2.24, 2.45) is 0 Å². The third kappa shape index (κ3) is 3.22. The van der Waals surface area contributed by atoms with Crippen molar-refractivity contribution < 1.29 is 4.79 Å². The second-order valence-electron chi connectivity index (χ2n) is 4.83. The first-order chi connectivity index (χ1) is 8.68. The highest BCUT2D eigenvalue weighted by Gasteiger charge is 2.24. The molecular formula is C14H19ClN2O. The van der Waals surface area contributed by atoms with Gasteiger partial charge in [-0.2, -0.15) is 0 Å². The van der Waals surface area contributed by atoms with Crippen molar-refractivity contribution in [1.29, 1.82) is 0 Å². The topological polar surface area (TPSA) is 33.2 Å². The first-order valence-corrected chi connectivity index (χ1v) is 6.97. The van der Waals surface area contributed by atoms with Gasteiger partial charge >= 0.3 is 0 Å². The molecule has 1 fully saturated rings. The molecule has 2 heterocycles. The number of carbonyl (C=O) groups is 1. The van der Waals surface area contributed by atoms with Gasteiger partial charge in [0.15, 0.2) is 0 Å². The van der Waals surface area contributed by atoms with Crippen molar-refractivity contribution in [3.05, 3.63) is 29.6 Å². The molecule has 1 atom stereocenters. The van der Waals surface area contributed by atoms with Crippen molar-refractivity contribution >= 4 is 17.5 Å². The predicted molar refractivity (Wildman–Crippen MR) is 72.6 cm³/mol. The molecule has 0 N–H and O–H groups in total. The Labute approximate surface area is 113 Å². The van der Waals surface area contributed by atoms with E-state index in [-0.39, 0.29) is 5.91 Å². The van der Waals surface area contributed by atoms with E-state index in [0.717, 1.165) is 37.2 Å². The van der Waals surface area contributed by atoms with Gasteiger partial charge in [-0.05, 0) is 31.4 Å². The second kappa shape index (κ2) is 6.19. The highest BCUT2D eigenvalue weighted by atomic mass is 35.5. The first-order valence-electron chi connectivity index (χ1n) is 6.54. The van der Waals surface area contributed by atoms with E-state index in [0.29, 0.717) is 0 Å². The molecule has 0 spiro atoms. The molecule has 1 amide bonds. The maximum atomic E-state index is 12.3. The normalized spacial score (nSPS) is 18.2. The lowest BCUT2D eigenvalue weighted by molar-refractivity contribution is -0.130. The number of hydrogen-bond donors (Lipinski definition) is 0. The van der Waals surface area contributed by atoms with Gasteiger partial charge in [-0.3, -0.25) is 9.78 Å². The third-order valence-corrected chi connectivity index (χ3v) is 3.80. The zero-order valence-corrected chi connectivity index (χ0v) is 11.5. The van der Waals surface area contributed by atoms with Gasteiger partial charge in [0.1, 0.15) is 5.38 Å². The maximum Gasteiger partial charge on any atom is 0.245 e. The standard InChI is InChI=1S/C14H19ClN2O/c1-11-6-7-12(10-16-11)13(15)14(18)17-8-4-2-3-5-9-17/h6-7,10,13H,2-5,8-9H2,1H3. The van der Waals surface area contributed by atoms with E-state index in [2.05, 4.69) is 4.98 Å². The molecule has 0 aliphatic carbocycles. The fourth-order valence-corrected chi connectivity index (χ4v) is 2.49. The number of carbonyl (C=O) groups excluding carboxylic acids is 1. The summed E-state index contributed by atoms with van der Waals surface area (Å²) < 4.78 is 0. The van der Waals surface area contributed by atoms with Crippen LogP contribution in [0.4, 0.5) is 0 Å². The molecule has 3 nitrogen and oxygen atoms in total. The SMILES string of the molecule is Cc1ccc(C(Cl)C(=O)N2CCCCCC2)cn1. The predicted octanol–water partition coefficient (Wildman–Crippen LogP) is 3.07. The number of alkyl halides is 1. The van der Waals surface area contributed by atoms with Gasteiger partial charge < -0.3 is 4.90 Å². The Kier molecular flexibility index (Phi) is 4.59. The second-order valence-corrected chi connectivity index (χ2v) is 5.27. The van der Waals surface area contributed by atoms with Gasteiger partial charge in [-0.25, -0.2) is 0 Å². The van der Waals surface area contributed by atoms with Crippen LogP contribution < -0.4 is 0 Å². The Hall–Kier alpha value is -1.09. The molecule has 1 aromatic heterocycles. The van der Waals surface area contributed by atoms with E-state index >= 15 is 0 Å². The summed E-state index contributed by atoms with van der Waals surface area (Å²) in [5, 5.41) is -0.601. The largest absolute Gasteiger partial charge is 0.341 e. The minimum absolute atomic E-state index is 0.0178. The molecule has 2 rings (SSSR count). The lowest BCUT2D eigenvalue weighted by Gasteiger charge is -2.23. The monoisotopic (exact) mass is 266 g/mol. The van der Waals surface area contributed by atoms with Gasteiger partial charge in [0.2, 0.25) is 5.91 Å². The smallest absolute Gasteiger partial charge is 0.245 e. The van der Waals surface area contributed by atoms with Crippen LogP contribution in [0.25, 0.3) is 0 Å². The van der Waals surface area contributed by atoms with E-state index in [1.807, 2.05) is 24.0 Å². The van der Waals surface area contributed by atoms with Crippen molar-refractivity contribution in [3.63, 3.8) is 0 Å². The van der Waals surface area contributed by atoms with Crippen LogP contribution in [0.1, 0.15) is 42.3 Å². The van der Waals surface area contributed by atoms with Crippen molar-refractivity contribution in [2.45, 2.75) is 38.0 Å². The molecule has 0 bridgehead atoms. The van der Waals surface area contributed by atoms with Crippen LogP contribution in [0.3, 0.4) is 0 Å². The van der Waals surface area contributed by atoms with Crippen LogP contribution in [0.2, 0.25) is 0 Å². The molecule has 18 heavy (non-hydrogen) atoms. The van der Waals surface area contributed by atoms with Crippen molar-refractivity contribution in [2.75, 3.05) is 13.1 Å². The fourth-order valence-electron chi connectivity index (χ4n) is 2.22. The number of aromatic nitrogens is 1. The number of nitrogens with zero attached hydrogens (tertiary/aromatic N) is 2. The number of pyridine rings is 1. The van der Waals surface area contributed by atoms with Crippen LogP contribution in [-0.2, 0) is 4.79 Å². The molecule has 1 aromatic rings. The lowest BCUT2D eigenvalue weighted by Crippen LogP contribution is -2.34. The van der Waals surface area contributed by atoms with Gasteiger partial charge in [-0.1, -0.05) is 18.9 Å². The number of hydrogen-bond acceptors (Lipinski definition) is 2. The molecule has 98 valence electrons. The van der Waals surface area contributed by atoms with E-state index in [1.165, 1.54) is 12.8 Å². The summed E-state index contributed by atoms with van der Waals surface area (Å²) in [6.45, 7) is 3.59. The Balaban J connectivity index is 2.05. The molecule has 1 aliphatic heterocycles. The van der Waals surface area contributed by atoms with Crippen LogP contribution >= 0.6 is 11.6 Å². The summed E-state index contributed by atoms with van der Waals surface area (Å²) >= 11 is 6.26. The zero-order valence-electron chi connectivity index (χ0n) is 10.7. The van der Waals surface area contributed by atoms with Crippen LogP contribution in [0, 0.1) is 6.92 Å². The molecular weight excluding hydrogens is 248 g/mol. The molecule has 0 saturated carbocycles. The average Bonchev–Trinajstić information content (AvgIpc) is 2.67. The highest BCUT2D eigenvalue weighted by molar-refractivity contribution is 6.30. The lowest BCUT2D eigenvalue weighted by atomic mass is 10.1. The summed E-state index contributed by atoms with van der Waals surface area (Å²) in [5.74, 6) is 0.0178. The minimum atomic E-state index is -0.601. The molecule has 1 unspecified atom stereocenters. The van der Waals surface area contributed by atoms with Crippen LogP contribution in [0.15, 0.2) is 18.3 Å². The number of amides is 1. The first kappa shape index (κ1) is 13.3.